The summed E-state index contributed by atoms with van der Waals surface area (Å²) in [6.07, 6.45) is 2.23. The molecule has 1 aromatic carbocycles. The molecule has 1 heterocycles. The second kappa shape index (κ2) is 11.9. The third kappa shape index (κ3) is 7.57. The van der Waals surface area contributed by atoms with E-state index in [9.17, 15) is 0 Å². The lowest BCUT2D eigenvalue weighted by Gasteiger charge is -2.14. The van der Waals surface area contributed by atoms with Gasteiger partial charge in [0, 0.05) is 31.2 Å². The molecule has 1 unspecified atom stereocenters. The minimum atomic E-state index is 0. The fraction of sp³-hybridized carbons (Fsp3) is 0.611. The molecule has 1 aliphatic rings. The number of nitrogens with one attached hydrogen (secondary N) is 2. The van der Waals surface area contributed by atoms with Crippen LogP contribution in [0.2, 0.25) is 5.02 Å². The molecule has 1 aromatic rings. The molecular weight excluding hydrogens is 435 g/mol. The Kier molecular flexibility index (Phi) is 10.7. The normalized spacial score (nSPS) is 18.3. The Bertz CT molecular complexity index is 492. The molecule has 6 heteroatoms. The van der Waals surface area contributed by atoms with E-state index in [-0.39, 0.29) is 24.0 Å². The summed E-state index contributed by atoms with van der Waals surface area (Å²) in [5, 5.41) is 7.54. The number of hydrogen-bond donors (Lipinski definition) is 2. The average Bonchev–Trinajstić information content (AvgIpc) is 3.02. The van der Waals surface area contributed by atoms with E-state index in [0.29, 0.717) is 5.92 Å². The first kappa shape index (κ1) is 21.5. The molecular formula is C18H30ClIN4. The summed E-state index contributed by atoms with van der Waals surface area (Å²) in [5.41, 5.74) is 1.28. The summed E-state index contributed by atoms with van der Waals surface area (Å²) in [7, 11) is 0. The molecule has 1 atom stereocenters. The summed E-state index contributed by atoms with van der Waals surface area (Å²) in [6, 6.07) is 8.03. The number of hydrogen-bond acceptors (Lipinski definition) is 2. The highest BCUT2D eigenvalue weighted by molar-refractivity contribution is 14.0. The predicted octanol–water partition coefficient (Wildman–Crippen LogP) is 3.40. The van der Waals surface area contributed by atoms with Crippen molar-refractivity contribution in [2.75, 3.05) is 39.3 Å². The van der Waals surface area contributed by atoms with Gasteiger partial charge < -0.3 is 15.5 Å². The van der Waals surface area contributed by atoms with Gasteiger partial charge in [-0.3, -0.25) is 4.99 Å². The molecule has 1 saturated heterocycles. The molecule has 0 saturated carbocycles. The van der Waals surface area contributed by atoms with Crippen LogP contribution in [0.25, 0.3) is 0 Å². The summed E-state index contributed by atoms with van der Waals surface area (Å²) in [6.45, 7) is 10.6. The van der Waals surface area contributed by atoms with Crippen molar-refractivity contribution in [1.82, 2.24) is 15.5 Å². The van der Waals surface area contributed by atoms with Gasteiger partial charge in [0.1, 0.15) is 0 Å². The van der Waals surface area contributed by atoms with Crippen LogP contribution in [-0.4, -0.2) is 50.1 Å². The molecule has 0 aliphatic carbocycles. The highest BCUT2D eigenvalue weighted by Crippen LogP contribution is 2.15. The van der Waals surface area contributed by atoms with E-state index in [2.05, 4.69) is 41.5 Å². The number of likely N-dealkylation sites (tertiary alicyclic amines) is 1. The molecule has 0 spiro atoms. The predicted molar refractivity (Wildman–Crippen MR) is 115 cm³/mol. The van der Waals surface area contributed by atoms with E-state index in [1.807, 2.05) is 12.1 Å². The molecule has 136 valence electrons. The maximum absolute atomic E-state index is 5.91. The van der Waals surface area contributed by atoms with Crippen molar-refractivity contribution in [1.29, 1.82) is 0 Å². The maximum atomic E-state index is 5.91. The van der Waals surface area contributed by atoms with Crippen LogP contribution in [0.15, 0.2) is 29.3 Å². The van der Waals surface area contributed by atoms with Crippen LogP contribution in [0.3, 0.4) is 0 Å². The van der Waals surface area contributed by atoms with Crippen LogP contribution in [0, 0.1) is 5.92 Å². The van der Waals surface area contributed by atoms with Gasteiger partial charge in [0.2, 0.25) is 0 Å². The van der Waals surface area contributed by atoms with E-state index < -0.39 is 0 Å². The Morgan fingerprint density at radius 2 is 2.00 bits per heavy atom. The van der Waals surface area contributed by atoms with Crippen molar-refractivity contribution >= 4 is 41.5 Å². The van der Waals surface area contributed by atoms with Crippen LogP contribution in [0.5, 0.6) is 0 Å². The largest absolute Gasteiger partial charge is 0.357 e. The van der Waals surface area contributed by atoms with Crippen LogP contribution < -0.4 is 10.6 Å². The fourth-order valence-corrected chi connectivity index (χ4v) is 3.01. The lowest BCUT2D eigenvalue weighted by atomic mass is 10.1. The molecule has 0 amide bonds. The first-order chi connectivity index (χ1) is 11.2. The molecule has 2 N–H and O–H groups in total. The first-order valence-electron chi connectivity index (χ1n) is 8.70. The fourth-order valence-electron chi connectivity index (χ4n) is 2.89. The van der Waals surface area contributed by atoms with Crippen molar-refractivity contribution in [2.24, 2.45) is 10.9 Å². The topological polar surface area (TPSA) is 39.7 Å². The molecule has 4 nitrogen and oxygen atoms in total. The summed E-state index contributed by atoms with van der Waals surface area (Å²) in [5.74, 6) is 1.62. The second-order valence-electron chi connectivity index (χ2n) is 6.07. The first-order valence-corrected chi connectivity index (χ1v) is 9.08. The number of guanidine groups is 1. The zero-order valence-corrected chi connectivity index (χ0v) is 17.8. The van der Waals surface area contributed by atoms with Gasteiger partial charge in [-0.05, 0) is 56.5 Å². The van der Waals surface area contributed by atoms with Crippen molar-refractivity contribution in [3.63, 3.8) is 0 Å². The van der Waals surface area contributed by atoms with Crippen LogP contribution in [0.1, 0.15) is 25.8 Å². The minimum absolute atomic E-state index is 0. The lowest BCUT2D eigenvalue weighted by molar-refractivity contribution is 0.343. The molecule has 0 bridgehead atoms. The quantitative estimate of drug-likeness (QED) is 0.369. The summed E-state index contributed by atoms with van der Waals surface area (Å²) < 4.78 is 0. The number of halogens is 2. The SMILES string of the molecule is CCNC(=NCC1CCN(CC)C1)NCCc1ccc(Cl)cc1.I. The van der Waals surface area contributed by atoms with Gasteiger partial charge in [-0.25, -0.2) is 0 Å². The third-order valence-corrected chi connectivity index (χ3v) is 4.54. The van der Waals surface area contributed by atoms with E-state index in [1.165, 1.54) is 25.1 Å². The van der Waals surface area contributed by atoms with E-state index in [1.54, 1.807) is 0 Å². The van der Waals surface area contributed by atoms with Crippen molar-refractivity contribution in [3.8, 4) is 0 Å². The average molecular weight is 465 g/mol. The Balaban J connectivity index is 0.00000288. The molecule has 24 heavy (non-hydrogen) atoms. The van der Waals surface area contributed by atoms with Crippen molar-refractivity contribution < 1.29 is 0 Å². The van der Waals surface area contributed by atoms with Gasteiger partial charge in [0.05, 0.1) is 0 Å². The zero-order valence-electron chi connectivity index (χ0n) is 14.7. The molecule has 0 radical (unpaired) electrons. The van der Waals surface area contributed by atoms with Gasteiger partial charge >= 0.3 is 0 Å². The molecule has 0 aromatic heterocycles. The summed E-state index contributed by atoms with van der Waals surface area (Å²) >= 11 is 5.91. The lowest BCUT2D eigenvalue weighted by Crippen LogP contribution is -2.38. The standard InChI is InChI=1S/C18H29ClN4.HI/c1-3-20-18(22-13-16-10-12-23(4-2)14-16)21-11-9-15-5-7-17(19)8-6-15;/h5-8,16H,3-4,9-14H2,1-2H3,(H2,20,21,22);1H. The van der Waals surface area contributed by atoms with Crippen molar-refractivity contribution in [2.45, 2.75) is 26.7 Å². The Morgan fingerprint density at radius 1 is 1.25 bits per heavy atom. The van der Waals surface area contributed by atoms with E-state index in [0.717, 1.165) is 43.6 Å². The number of nitrogens with zero attached hydrogens (tertiary/aromatic N) is 2. The Labute approximate surface area is 168 Å². The van der Waals surface area contributed by atoms with Gasteiger partial charge in [0.15, 0.2) is 5.96 Å². The van der Waals surface area contributed by atoms with E-state index in [4.69, 9.17) is 16.6 Å². The summed E-state index contributed by atoms with van der Waals surface area (Å²) in [4.78, 5) is 7.26. The van der Waals surface area contributed by atoms with Gasteiger partial charge in [0.25, 0.3) is 0 Å². The van der Waals surface area contributed by atoms with Crippen LogP contribution in [0.4, 0.5) is 0 Å². The van der Waals surface area contributed by atoms with Crippen molar-refractivity contribution in [3.05, 3.63) is 34.9 Å². The second-order valence-corrected chi connectivity index (χ2v) is 6.51. The van der Waals surface area contributed by atoms with Gasteiger partial charge in [-0.1, -0.05) is 30.7 Å². The number of aliphatic imine (C=N–C) groups is 1. The highest BCUT2D eigenvalue weighted by Gasteiger charge is 2.20. The Morgan fingerprint density at radius 3 is 2.62 bits per heavy atom. The molecule has 1 aliphatic heterocycles. The molecule has 2 rings (SSSR count). The third-order valence-electron chi connectivity index (χ3n) is 4.29. The number of benzene rings is 1. The Hall–Kier alpha value is -0.530. The van der Waals surface area contributed by atoms with Crippen LogP contribution >= 0.6 is 35.6 Å². The van der Waals surface area contributed by atoms with Gasteiger partial charge in [-0.15, -0.1) is 24.0 Å². The van der Waals surface area contributed by atoms with Gasteiger partial charge in [-0.2, -0.15) is 0 Å². The number of rotatable bonds is 7. The monoisotopic (exact) mass is 464 g/mol. The highest BCUT2D eigenvalue weighted by atomic mass is 127. The van der Waals surface area contributed by atoms with Crippen LogP contribution in [-0.2, 0) is 6.42 Å². The molecule has 1 fully saturated rings. The van der Waals surface area contributed by atoms with E-state index >= 15 is 0 Å². The maximum Gasteiger partial charge on any atom is 0.191 e. The smallest absolute Gasteiger partial charge is 0.191 e. The minimum Gasteiger partial charge on any atom is -0.357 e. The zero-order chi connectivity index (χ0) is 16.5.